The lowest BCUT2D eigenvalue weighted by molar-refractivity contribution is 0.0925. The molecule has 0 unspecified atom stereocenters. The van der Waals surface area contributed by atoms with Crippen LogP contribution in [0.5, 0.6) is 0 Å². The van der Waals surface area contributed by atoms with Gasteiger partial charge in [-0.1, -0.05) is 29.8 Å². The normalized spacial score (nSPS) is 12.7. The van der Waals surface area contributed by atoms with Gasteiger partial charge in [0.2, 0.25) is 0 Å². The fraction of sp³-hybridized carbons (Fsp3) is 0.0968. The Hall–Kier alpha value is -5.20. The van der Waals surface area contributed by atoms with Crippen LogP contribution in [0.3, 0.4) is 0 Å². The minimum atomic E-state index is -0.368. The lowest BCUT2D eigenvalue weighted by Crippen LogP contribution is -2.31. The molecule has 2 heterocycles. The Bertz CT molecular complexity index is 1840. The maximum atomic E-state index is 14.0. The number of fused-ring (bicyclic) bond motifs is 4. The predicted molar refractivity (Wildman–Crippen MR) is 144 cm³/mol. The van der Waals surface area contributed by atoms with Crippen LogP contribution in [0.25, 0.3) is 32.3 Å². The number of hydrogen-bond donors (Lipinski definition) is 0. The van der Waals surface area contributed by atoms with Crippen LogP contribution in [-0.2, 0) is 0 Å². The van der Waals surface area contributed by atoms with Gasteiger partial charge in [0.05, 0.1) is 51.7 Å². The van der Waals surface area contributed by atoms with Gasteiger partial charge in [-0.2, -0.15) is 5.26 Å². The number of imide groups is 1. The number of nitrogens with zero attached hydrogens (tertiary/aromatic N) is 4. The Labute approximate surface area is 213 Å². The summed E-state index contributed by atoms with van der Waals surface area (Å²) >= 11 is 0. The van der Waals surface area contributed by atoms with E-state index < -0.39 is 0 Å². The van der Waals surface area contributed by atoms with Crippen molar-refractivity contribution in [3.8, 4) is 11.8 Å². The average molecular weight is 481 g/mol. The van der Waals surface area contributed by atoms with E-state index in [9.17, 15) is 14.9 Å². The van der Waals surface area contributed by atoms with Crippen LogP contribution < -0.4 is 4.90 Å². The second-order valence-corrected chi connectivity index (χ2v) is 9.39. The number of nitriles is 1. The lowest BCUT2D eigenvalue weighted by atomic mass is 10.0. The van der Waals surface area contributed by atoms with E-state index in [2.05, 4.69) is 10.9 Å². The molecule has 37 heavy (non-hydrogen) atoms. The number of benzene rings is 4. The summed E-state index contributed by atoms with van der Waals surface area (Å²) in [5.41, 5.74) is 7.23. The van der Waals surface area contributed by atoms with Gasteiger partial charge in [-0.3, -0.25) is 9.59 Å². The Morgan fingerprint density at radius 1 is 0.838 bits per heavy atom. The number of carbonyl (C=O) groups excluding carboxylic acids is 2. The van der Waals surface area contributed by atoms with Crippen LogP contribution in [0.4, 0.5) is 11.4 Å². The van der Waals surface area contributed by atoms with Crippen LogP contribution in [0, 0.1) is 38.7 Å². The number of amides is 2. The Kier molecular flexibility index (Phi) is 4.76. The van der Waals surface area contributed by atoms with Crippen LogP contribution in [0.15, 0.2) is 66.7 Å². The highest BCUT2D eigenvalue weighted by molar-refractivity contribution is 6.36. The third-order valence-corrected chi connectivity index (χ3v) is 7.00. The molecular weight excluding hydrogens is 460 g/mol. The standard InChI is InChI=1S/C31H20N4O2/c1-17-12-18(2)29(19(3)13-17)35-30(36)22-6-5-7-27(28(22)31(35)37)34-25-10-8-20(16-32)14-23(25)24-15-21(33-4)9-11-26(24)34/h5-15H,1-3H3. The van der Waals surface area contributed by atoms with Crippen molar-refractivity contribution >= 4 is 45.0 Å². The summed E-state index contributed by atoms with van der Waals surface area (Å²) in [5, 5.41) is 11.1. The highest BCUT2D eigenvalue weighted by Gasteiger charge is 2.40. The fourth-order valence-electron chi connectivity index (χ4n) is 5.59. The van der Waals surface area contributed by atoms with Crippen molar-refractivity contribution in [3.05, 3.63) is 112 Å². The first-order valence-corrected chi connectivity index (χ1v) is 11.8. The molecule has 1 aliphatic heterocycles. The quantitative estimate of drug-likeness (QED) is 0.203. The highest BCUT2D eigenvalue weighted by atomic mass is 16.2. The van der Waals surface area contributed by atoms with Crippen LogP contribution in [-0.4, -0.2) is 16.4 Å². The van der Waals surface area contributed by atoms with E-state index >= 15 is 0 Å². The summed E-state index contributed by atoms with van der Waals surface area (Å²) in [4.78, 5) is 32.5. The van der Waals surface area contributed by atoms with Gasteiger partial charge in [-0.15, -0.1) is 0 Å². The molecule has 0 fully saturated rings. The number of aromatic nitrogens is 1. The average Bonchev–Trinajstić information content (AvgIpc) is 3.34. The molecule has 1 aliphatic rings. The zero-order valence-electron chi connectivity index (χ0n) is 20.5. The first-order chi connectivity index (χ1) is 17.8. The van der Waals surface area contributed by atoms with Gasteiger partial charge in [0, 0.05) is 5.39 Å². The van der Waals surface area contributed by atoms with Crippen LogP contribution >= 0.6 is 0 Å². The van der Waals surface area contributed by atoms with Crippen molar-refractivity contribution in [2.75, 3.05) is 4.90 Å². The first-order valence-electron chi connectivity index (χ1n) is 11.8. The van der Waals surface area contributed by atoms with E-state index in [1.807, 2.05) is 55.7 Å². The smallest absolute Gasteiger partial charge is 0.268 e. The summed E-state index contributed by atoms with van der Waals surface area (Å²) in [6.07, 6.45) is 0. The first kappa shape index (κ1) is 22.3. The maximum absolute atomic E-state index is 14.0. The summed E-state index contributed by atoms with van der Waals surface area (Å²) in [6.45, 7) is 13.3. The molecule has 0 spiro atoms. The molecule has 0 saturated heterocycles. The van der Waals surface area contributed by atoms with E-state index in [0.717, 1.165) is 38.5 Å². The number of rotatable bonds is 2. The minimum absolute atomic E-state index is 0.337. The van der Waals surface area contributed by atoms with Gasteiger partial charge in [0.15, 0.2) is 5.69 Å². The van der Waals surface area contributed by atoms with Crippen molar-refractivity contribution < 1.29 is 9.59 Å². The molecule has 6 rings (SSSR count). The molecule has 6 heteroatoms. The minimum Gasteiger partial charge on any atom is -0.309 e. The molecule has 176 valence electrons. The van der Waals surface area contributed by atoms with Crippen molar-refractivity contribution in [2.24, 2.45) is 0 Å². The van der Waals surface area contributed by atoms with Crippen LogP contribution in [0.1, 0.15) is 43.0 Å². The molecule has 6 nitrogen and oxygen atoms in total. The number of anilines is 1. The molecular formula is C31H20N4O2. The molecule has 0 atom stereocenters. The molecule has 2 amide bonds. The molecule has 1 aromatic heterocycles. The van der Waals surface area contributed by atoms with Gasteiger partial charge < -0.3 is 4.57 Å². The van der Waals surface area contributed by atoms with E-state index in [0.29, 0.717) is 33.8 Å². The molecule has 4 aromatic carbocycles. The Morgan fingerprint density at radius 2 is 1.51 bits per heavy atom. The highest BCUT2D eigenvalue weighted by Crippen LogP contribution is 2.40. The molecule has 5 aromatic rings. The van der Waals surface area contributed by atoms with Gasteiger partial charge >= 0.3 is 0 Å². The zero-order valence-corrected chi connectivity index (χ0v) is 20.5. The predicted octanol–water partition coefficient (Wildman–Crippen LogP) is 6.93. The van der Waals surface area contributed by atoms with Crippen molar-refractivity contribution in [1.29, 1.82) is 5.26 Å². The van der Waals surface area contributed by atoms with Gasteiger partial charge in [0.25, 0.3) is 11.8 Å². The second-order valence-electron chi connectivity index (χ2n) is 9.39. The van der Waals surface area contributed by atoms with Crippen LogP contribution in [0.2, 0.25) is 0 Å². The van der Waals surface area contributed by atoms with Gasteiger partial charge in [-0.05, 0) is 79.7 Å². The fourth-order valence-corrected chi connectivity index (χ4v) is 5.59. The third kappa shape index (κ3) is 3.10. The van der Waals surface area contributed by atoms with Gasteiger partial charge in [-0.25, -0.2) is 9.74 Å². The second kappa shape index (κ2) is 7.91. The number of carbonyl (C=O) groups is 2. The summed E-state index contributed by atoms with van der Waals surface area (Å²) in [6, 6.07) is 22.2. The summed E-state index contributed by atoms with van der Waals surface area (Å²) < 4.78 is 1.95. The van der Waals surface area contributed by atoms with E-state index in [1.165, 1.54) is 4.90 Å². The monoisotopic (exact) mass is 480 g/mol. The summed E-state index contributed by atoms with van der Waals surface area (Å²) in [7, 11) is 0. The molecule has 0 saturated carbocycles. The number of hydrogen-bond acceptors (Lipinski definition) is 3. The Morgan fingerprint density at radius 3 is 2.19 bits per heavy atom. The van der Waals surface area contributed by atoms with Crippen molar-refractivity contribution in [2.45, 2.75) is 20.8 Å². The molecule has 0 radical (unpaired) electrons. The number of aryl methyl sites for hydroxylation is 3. The van der Waals surface area contributed by atoms with E-state index in [1.54, 1.807) is 36.4 Å². The lowest BCUT2D eigenvalue weighted by Gasteiger charge is -2.20. The topological polar surface area (TPSA) is 70.5 Å². The van der Waals surface area contributed by atoms with Gasteiger partial charge in [0.1, 0.15) is 0 Å². The van der Waals surface area contributed by atoms with Crippen molar-refractivity contribution in [3.63, 3.8) is 0 Å². The molecule has 0 N–H and O–H groups in total. The Balaban J connectivity index is 1.65. The molecule has 0 aliphatic carbocycles. The molecule has 0 bridgehead atoms. The maximum Gasteiger partial charge on any atom is 0.268 e. The zero-order chi connectivity index (χ0) is 26.0. The largest absolute Gasteiger partial charge is 0.309 e. The third-order valence-electron chi connectivity index (χ3n) is 7.00. The van der Waals surface area contributed by atoms with Crippen molar-refractivity contribution in [1.82, 2.24) is 4.57 Å². The summed E-state index contributed by atoms with van der Waals surface area (Å²) in [5.74, 6) is -0.716. The van der Waals surface area contributed by atoms with E-state index in [-0.39, 0.29) is 11.8 Å². The SMILES string of the molecule is [C-]#[N+]c1ccc2c(c1)c1cc(C#N)ccc1n2-c1cccc2c1C(=O)N(c1c(C)cc(C)cc1C)C2=O. The van der Waals surface area contributed by atoms with E-state index in [4.69, 9.17) is 6.57 Å².